The third-order valence-corrected chi connectivity index (χ3v) is 3.33. The lowest BCUT2D eigenvalue weighted by Gasteiger charge is -2.01. The van der Waals surface area contributed by atoms with Gasteiger partial charge in [-0.3, -0.25) is 0 Å². The number of aromatic nitrogens is 8. The first-order chi connectivity index (χ1) is 10.3. The van der Waals surface area contributed by atoms with Gasteiger partial charge >= 0.3 is 5.69 Å². The average Bonchev–Trinajstić information content (AvgIpc) is 3.16. The standard InChI is InChI=1S/C12H10N8O/c1-2-6-3-4-7-8(5-6)13-12(21)20-11(7)14-9(17-20)10-15-18-19-16-10/h3-5H,2H2,1H3,(H,13,21)(H,15,16,18,19). The summed E-state index contributed by atoms with van der Waals surface area (Å²) in [5.41, 5.74) is 2.00. The van der Waals surface area contributed by atoms with Crippen molar-refractivity contribution in [2.24, 2.45) is 0 Å². The fourth-order valence-electron chi connectivity index (χ4n) is 2.26. The summed E-state index contributed by atoms with van der Waals surface area (Å²) in [6, 6.07) is 5.88. The second-order valence-electron chi connectivity index (χ2n) is 4.58. The van der Waals surface area contributed by atoms with Crippen LogP contribution in [0.2, 0.25) is 0 Å². The third-order valence-electron chi connectivity index (χ3n) is 3.33. The quantitative estimate of drug-likeness (QED) is 0.546. The number of fused-ring (bicyclic) bond motifs is 3. The van der Waals surface area contributed by atoms with Gasteiger partial charge in [0.2, 0.25) is 11.6 Å². The smallest absolute Gasteiger partial charge is 0.305 e. The van der Waals surface area contributed by atoms with Crippen LogP contribution in [-0.4, -0.2) is 40.2 Å². The van der Waals surface area contributed by atoms with Crippen LogP contribution in [-0.2, 0) is 6.42 Å². The SMILES string of the molecule is CCc1ccc2c(c1)[nH]c(=O)n1nc(-c3nnn[nH]3)nc21. The summed E-state index contributed by atoms with van der Waals surface area (Å²) >= 11 is 0. The van der Waals surface area contributed by atoms with Crippen molar-refractivity contribution in [3.63, 3.8) is 0 Å². The van der Waals surface area contributed by atoms with Gasteiger partial charge in [0.15, 0.2) is 5.65 Å². The fourth-order valence-corrected chi connectivity index (χ4v) is 2.26. The summed E-state index contributed by atoms with van der Waals surface area (Å²) in [4.78, 5) is 19.3. The highest BCUT2D eigenvalue weighted by atomic mass is 16.1. The molecule has 3 heterocycles. The molecule has 0 atom stereocenters. The molecule has 104 valence electrons. The predicted molar refractivity (Wildman–Crippen MR) is 73.7 cm³/mol. The summed E-state index contributed by atoms with van der Waals surface area (Å²) in [6.07, 6.45) is 0.894. The molecule has 9 heteroatoms. The Morgan fingerprint density at radius 3 is 3.00 bits per heavy atom. The first-order valence-electron chi connectivity index (χ1n) is 6.42. The van der Waals surface area contributed by atoms with Crippen LogP contribution in [0.1, 0.15) is 12.5 Å². The number of nitrogens with zero attached hydrogens (tertiary/aromatic N) is 6. The number of rotatable bonds is 2. The van der Waals surface area contributed by atoms with Crippen molar-refractivity contribution in [3.05, 3.63) is 34.2 Å². The van der Waals surface area contributed by atoms with Gasteiger partial charge in [0, 0.05) is 5.39 Å². The molecule has 4 rings (SSSR count). The molecule has 4 aromatic rings. The lowest BCUT2D eigenvalue weighted by molar-refractivity contribution is 0.880. The first kappa shape index (κ1) is 11.7. The Bertz CT molecular complexity index is 997. The van der Waals surface area contributed by atoms with E-state index in [-0.39, 0.29) is 11.5 Å². The Balaban J connectivity index is 2.08. The summed E-state index contributed by atoms with van der Waals surface area (Å²) < 4.78 is 1.21. The van der Waals surface area contributed by atoms with Crippen LogP contribution < -0.4 is 5.69 Å². The Morgan fingerprint density at radius 1 is 1.33 bits per heavy atom. The lowest BCUT2D eigenvalue weighted by Crippen LogP contribution is -2.17. The maximum atomic E-state index is 12.1. The van der Waals surface area contributed by atoms with Crippen molar-refractivity contribution >= 4 is 16.6 Å². The Hall–Kier alpha value is -3.10. The second kappa shape index (κ2) is 4.20. The van der Waals surface area contributed by atoms with E-state index in [2.05, 4.69) is 42.6 Å². The molecule has 1 aromatic carbocycles. The molecule has 0 radical (unpaired) electrons. The van der Waals surface area contributed by atoms with E-state index in [9.17, 15) is 4.79 Å². The number of aryl methyl sites for hydroxylation is 1. The van der Waals surface area contributed by atoms with Gasteiger partial charge in [0.1, 0.15) is 0 Å². The summed E-state index contributed by atoms with van der Waals surface area (Å²) in [5.74, 6) is 0.592. The molecular weight excluding hydrogens is 272 g/mol. The zero-order valence-electron chi connectivity index (χ0n) is 11.0. The minimum absolute atomic E-state index is 0.276. The molecule has 9 nitrogen and oxygen atoms in total. The molecular formula is C12H10N8O. The van der Waals surface area contributed by atoms with Gasteiger partial charge in [-0.15, -0.1) is 10.2 Å². The lowest BCUT2D eigenvalue weighted by atomic mass is 10.1. The number of benzene rings is 1. The molecule has 2 N–H and O–H groups in total. The maximum Gasteiger partial charge on any atom is 0.348 e. The fraction of sp³-hybridized carbons (Fsp3) is 0.167. The molecule has 0 saturated carbocycles. The van der Waals surface area contributed by atoms with Crippen molar-refractivity contribution in [1.82, 2.24) is 40.2 Å². The maximum absolute atomic E-state index is 12.1. The molecule has 0 saturated heterocycles. The van der Waals surface area contributed by atoms with Gasteiger partial charge in [-0.25, -0.2) is 14.9 Å². The van der Waals surface area contributed by atoms with Crippen LogP contribution in [0.4, 0.5) is 0 Å². The Kier molecular flexibility index (Phi) is 2.34. The van der Waals surface area contributed by atoms with Crippen LogP contribution in [0.3, 0.4) is 0 Å². The minimum Gasteiger partial charge on any atom is -0.305 e. The normalized spacial score (nSPS) is 11.5. The molecule has 0 aliphatic carbocycles. The molecule has 0 aliphatic heterocycles. The van der Waals surface area contributed by atoms with E-state index in [4.69, 9.17) is 0 Å². The topological polar surface area (TPSA) is 118 Å². The van der Waals surface area contributed by atoms with E-state index in [1.54, 1.807) is 0 Å². The molecule has 0 bridgehead atoms. The van der Waals surface area contributed by atoms with Crippen LogP contribution in [0.5, 0.6) is 0 Å². The first-order valence-corrected chi connectivity index (χ1v) is 6.42. The number of H-pyrrole nitrogens is 2. The highest BCUT2D eigenvalue weighted by Gasteiger charge is 2.14. The van der Waals surface area contributed by atoms with E-state index in [1.165, 1.54) is 4.52 Å². The van der Waals surface area contributed by atoms with Gasteiger partial charge in [0.25, 0.3) is 0 Å². The number of hydrogen-bond donors (Lipinski definition) is 2. The number of hydrogen-bond acceptors (Lipinski definition) is 6. The summed E-state index contributed by atoms with van der Waals surface area (Å²) in [6.45, 7) is 2.06. The van der Waals surface area contributed by atoms with Gasteiger partial charge in [0.05, 0.1) is 5.52 Å². The highest BCUT2D eigenvalue weighted by Crippen LogP contribution is 2.18. The second-order valence-corrected chi connectivity index (χ2v) is 4.58. The van der Waals surface area contributed by atoms with Gasteiger partial charge in [-0.1, -0.05) is 13.0 Å². The molecule has 3 aromatic heterocycles. The number of aromatic amines is 2. The zero-order chi connectivity index (χ0) is 14.4. The molecule has 0 aliphatic rings. The average molecular weight is 282 g/mol. The molecule has 0 spiro atoms. The Labute approximate surface area is 117 Å². The number of nitrogens with one attached hydrogen (secondary N) is 2. The van der Waals surface area contributed by atoms with Crippen LogP contribution >= 0.6 is 0 Å². The highest BCUT2D eigenvalue weighted by molar-refractivity contribution is 5.91. The molecule has 0 fully saturated rings. The third kappa shape index (κ3) is 1.71. The van der Waals surface area contributed by atoms with Gasteiger partial charge in [-0.2, -0.15) is 4.52 Å². The van der Waals surface area contributed by atoms with Crippen molar-refractivity contribution < 1.29 is 0 Å². The largest absolute Gasteiger partial charge is 0.348 e. The monoisotopic (exact) mass is 282 g/mol. The summed E-state index contributed by atoms with van der Waals surface area (Å²) in [7, 11) is 0. The summed E-state index contributed by atoms with van der Waals surface area (Å²) in [5, 5.41) is 18.2. The van der Waals surface area contributed by atoms with E-state index in [0.29, 0.717) is 11.5 Å². The number of tetrazole rings is 1. The van der Waals surface area contributed by atoms with Crippen molar-refractivity contribution in [1.29, 1.82) is 0 Å². The zero-order valence-corrected chi connectivity index (χ0v) is 11.0. The van der Waals surface area contributed by atoms with E-state index in [1.807, 2.05) is 18.2 Å². The van der Waals surface area contributed by atoms with Crippen LogP contribution in [0, 0.1) is 0 Å². The van der Waals surface area contributed by atoms with Crippen LogP contribution in [0.15, 0.2) is 23.0 Å². The van der Waals surface area contributed by atoms with E-state index < -0.39 is 0 Å². The van der Waals surface area contributed by atoms with Crippen LogP contribution in [0.25, 0.3) is 28.2 Å². The van der Waals surface area contributed by atoms with E-state index in [0.717, 1.165) is 22.9 Å². The Morgan fingerprint density at radius 2 is 2.24 bits per heavy atom. The molecule has 21 heavy (non-hydrogen) atoms. The van der Waals surface area contributed by atoms with Crippen molar-refractivity contribution in [2.75, 3.05) is 0 Å². The molecule has 0 unspecified atom stereocenters. The van der Waals surface area contributed by atoms with Gasteiger partial charge < -0.3 is 4.98 Å². The van der Waals surface area contributed by atoms with E-state index >= 15 is 0 Å². The minimum atomic E-state index is -0.350. The predicted octanol–water partition coefficient (Wildman–Crippen LogP) is 0.313. The molecule has 0 amide bonds. The van der Waals surface area contributed by atoms with Gasteiger partial charge in [-0.05, 0) is 34.5 Å². The van der Waals surface area contributed by atoms with Crippen molar-refractivity contribution in [2.45, 2.75) is 13.3 Å². The van der Waals surface area contributed by atoms with Crippen molar-refractivity contribution in [3.8, 4) is 11.6 Å².